The van der Waals surface area contributed by atoms with Gasteiger partial charge < -0.3 is 10.3 Å². The van der Waals surface area contributed by atoms with Crippen LogP contribution in [0.4, 0.5) is 0 Å². The van der Waals surface area contributed by atoms with Crippen molar-refractivity contribution in [3.63, 3.8) is 0 Å². The van der Waals surface area contributed by atoms with Crippen LogP contribution in [0.2, 0.25) is 0 Å². The molecule has 3 rings (SSSR count). The number of nitriles is 1. The van der Waals surface area contributed by atoms with Crippen molar-refractivity contribution in [2.24, 2.45) is 0 Å². The first-order chi connectivity index (χ1) is 8.40. The van der Waals surface area contributed by atoms with E-state index in [1.807, 2.05) is 18.3 Å². The molecule has 0 bridgehead atoms. The molecule has 2 heterocycles. The number of nitrogens with zero attached hydrogens (tertiary/aromatic N) is 1. The molecule has 0 amide bonds. The molecule has 2 N–H and O–H groups in total. The fraction of sp³-hybridized carbons (Fsp3) is 0.214. The quantitative estimate of drug-likeness (QED) is 0.780. The molecule has 0 unspecified atom stereocenters. The first-order valence-electron chi connectivity index (χ1n) is 5.80. The summed E-state index contributed by atoms with van der Waals surface area (Å²) in [7, 11) is 0. The standard InChI is InChI=1S/C14H13N3/c15-7-10-3-1-5-12-13(9-17-14(10)12)11-4-2-6-16-8-11/h1,3-5,9,16-17H,2,6,8H2. The lowest BCUT2D eigenvalue weighted by atomic mass is 10.0. The van der Waals surface area contributed by atoms with Crippen LogP contribution in [0.15, 0.2) is 30.5 Å². The maximum Gasteiger partial charge on any atom is 0.101 e. The Hall–Kier alpha value is -2.05. The Bertz CT molecular complexity index is 628. The molecule has 17 heavy (non-hydrogen) atoms. The summed E-state index contributed by atoms with van der Waals surface area (Å²) in [5.74, 6) is 0. The van der Waals surface area contributed by atoms with Gasteiger partial charge in [0.05, 0.1) is 11.1 Å². The van der Waals surface area contributed by atoms with Crippen molar-refractivity contribution in [1.29, 1.82) is 5.26 Å². The zero-order chi connectivity index (χ0) is 11.7. The average Bonchev–Trinajstić information content (AvgIpc) is 2.83. The molecule has 3 nitrogen and oxygen atoms in total. The summed E-state index contributed by atoms with van der Waals surface area (Å²) in [4.78, 5) is 3.21. The molecule has 1 aliphatic rings. The van der Waals surface area contributed by atoms with Gasteiger partial charge in [-0.15, -0.1) is 0 Å². The molecule has 0 saturated heterocycles. The molecule has 3 heteroatoms. The Morgan fingerprint density at radius 1 is 1.29 bits per heavy atom. The molecule has 0 fully saturated rings. The van der Waals surface area contributed by atoms with Crippen LogP contribution in [0.3, 0.4) is 0 Å². The Morgan fingerprint density at radius 3 is 3.00 bits per heavy atom. The lowest BCUT2D eigenvalue weighted by molar-refractivity contribution is 0.739. The second-order valence-corrected chi connectivity index (χ2v) is 4.24. The van der Waals surface area contributed by atoms with Gasteiger partial charge in [0.1, 0.15) is 6.07 Å². The van der Waals surface area contributed by atoms with E-state index in [1.165, 1.54) is 11.1 Å². The van der Waals surface area contributed by atoms with Crippen molar-refractivity contribution in [2.75, 3.05) is 13.1 Å². The lowest BCUT2D eigenvalue weighted by Gasteiger charge is -2.13. The Labute approximate surface area is 99.8 Å². The fourth-order valence-corrected chi connectivity index (χ4v) is 2.36. The van der Waals surface area contributed by atoms with Crippen molar-refractivity contribution in [2.45, 2.75) is 6.42 Å². The second-order valence-electron chi connectivity index (χ2n) is 4.24. The zero-order valence-corrected chi connectivity index (χ0v) is 9.46. The fourth-order valence-electron chi connectivity index (χ4n) is 2.36. The predicted octanol–water partition coefficient (Wildman–Crippen LogP) is 2.42. The molecule has 0 spiro atoms. The number of benzene rings is 1. The molecule has 1 aromatic carbocycles. The minimum atomic E-state index is 0.707. The Kier molecular flexibility index (Phi) is 2.43. The van der Waals surface area contributed by atoms with Crippen LogP contribution < -0.4 is 5.32 Å². The van der Waals surface area contributed by atoms with E-state index in [2.05, 4.69) is 28.5 Å². The number of H-pyrrole nitrogens is 1. The highest BCUT2D eigenvalue weighted by molar-refractivity contribution is 5.95. The van der Waals surface area contributed by atoms with Gasteiger partial charge in [-0.2, -0.15) is 5.26 Å². The van der Waals surface area contributed by atoms with Gasteiger partial charge in [-0.1, -0.05) is 18.2 Å². The molecule has 1 aromatic heterocycles. The normalized spacial score (nSPS) is 15.6. The summed E-state index contributed by atoms with van der Waals surface area (Å²) in [6, 6.07) is 8.07. The average molecular weight is 223 g/mol. The second kappa shape index (κ2) is 4.08. The van der Waals surface area contributed by atoms with E-state index in [1.54, 1.807) is 0 Å². The van der Waals surface area contributed by atoms with Crippen molar-refractivity contribution < 1.29 is 0 Å². The summed E-state index contributed by atoms with van der Waals surface area (Å²) in [5.41, 5.74) is 4.18. The Balaban J connectivity index is 2.19. The largest absolute Gasteiger partial charge is 0.359 e. The van der Waals surface area contributed by atoms with Crippen molar-refractivity contribution in [3.8, 4) is 6.07 Å². The highest BCUT2D eigenvalue weighted by Gasteiger charge is 2.12. The molecule has 0 radical (unpaired) electrons. The van der Waals surface area contributed by atoms with E-state index in [9.17, 15) is 0 Å². The van der Waals surface area contributed by atoms with Crippen LogP contribution in [0.25, 0.3) is 16.5 Å². The number of hydrogen-bond donors (Lipinski definition) is 2. The number of para-hydroxylation sites is 1. The van der Waals surface area contributed by atoms with Crippen molar-refractivity contribution >= 4 is 16.5 Å². The lowest BCUT2D eigenvalue weighted by Crippen LogP contribution is -2.21. The summed E-state index contributed by atoms with van der Waals surface area (Å²) >= 11 is 0. The highest BCUT2D eigenvalue weighted by atomic mass is 14.9. The third-order valence-electron chi connectivity index (χ3n) is 3.21. The molecule has 0 aliphatic carbocycles. The zero-order valence-electron chi connectivity index (χ0n) is 9.46. The summed E-state index contributed by atoms with van der Waals surface area (Å²) in [6.07, 6.45) is 5.35. The van der Waals surface area contributed by atoms with Crippen LogP contribution in [-0.2, 0) is 0 Å². The summed E-state index contributed by atoms with van der Waals surface area (Å²) < 4.78 is 0. The minimum Gasteiger partial charge on any atom is -0.359 e. The number of nitrogens with one attached hydrogen (secondary N) is 2. The van der Waals surface area contributed by atoms with Crippen molar-refractivity contribution in [3.05, 3.63) is 41.6 Å². The number of rotatable bonds is 1. The van der Waals surface area contributed by atoms with Gasteiger partial charge in [-0.25, -0.2) is 0 Å². The molecule has 1 aliphatic heterocycles. The van der Waals surface area contributed by atoms with Gasteiger partial charge in [0.25, 0.3) is 0 Å². The number of aromatic amines is 1. The molecule has 84 valence electrons. The van der Waals surface area contributed by atoms with Crippen LogP contribution >= 0.6 is 0 Å². The molecule has 0 atom stereocenters. The van der Waals surface area contributed by atoms with E-state index >= 15 is 0 Å². The van der Waals surface area contributed by atoms with Crippen LogP contribution in [0.5, 0.6) is 0 Å². The van der Waals surface area contributed by atoms with Gasteiger partial charge in [-0.05, 0) is 24.6 Å². The highest BCUT2D eigenvalue weighted by Crippen LogP contribution is 2.27. The first kappa shape index (κ1) is 10.1. The number of hydrogen-bond acceptors (Lipinski definition) is 2. The molecule has 2 aromatic rings. The minimum absolute atomic E-state index is 0.707. The van der Waals surface area contributed by atoms with E-state index in [4.69, 9.17) is 5.26 Å². The van der Waals surface area contributed by atoms with E-state index in [0.717, 1.165) is 30.4 Å². The molecular weight excluding hydrogens is 210 g/mol. The first-order valence-corrected chi connectivity index (χ1v) is 5.80. The number of aromatic nitrogens is 1. The van der Waals surface area contributed by atoms with Crippen LogP contribution in [-0.4, -0.2) is 18.1 Å². The maximum absolute atomic E-state index is 9.06. The van der Waals surface area contributed by atoms with Gasteiger partial charge in [0.15, 0.2) is 0 Å². The van der Waals surface area contributed by atoms with Crippen molar-refractivity contribution in [1.82, 2.24) is 10.3 Å². The molecule has 0 saturated carbocycles. The van der Waals surface area contributed by atoms with E-state index in [-0.39, 0.29) is 0 Å². The smallest absolute Gasteiger partial charge is 0.101 e. The van der Waals surface area contributed by atoms with Crippen LogP contribution in [0, 0.1) is 11.3 Å². The third kappa shape index (κ3) is 1.63. The van der Waals surface area contributed by atoms with Gasteiger partial charge >= 0.3 is 0 Å². The monoisotopic (exact) mass is 223 g/mol. The van der Waals surface area contributed by atoms with Crippen LogP contribution in [0.1, 0.15) is 17.5 Å². The topological polar surface area (TPSA) is 51.6 Å². The predicted molar refractivity (Wildman–Crippen MR) is 68.5 cm³/mol. The SMILES string of the molecule is N#Cc1cccc2c(C3=CCCNC3)c[nH]c12. The summed E-state index contributed by atoms with van der Waals surface area (Å²) in [5, 5.41) is 13.6. The number of fused-ring (bicyclic) bond motifs is 1. The Morgan fingerprint density at radius 2 is 2.24 bits per heavy atom. The van der Waals surface area contributed by atoms with Gasteiger partial charge in [0.2, 0.25) is 0 Å². The summed E-state index contributed by atoms with van der Waals surface area (Å²) in [6.45, 7) is 1.96. The van der Waals surface area contributed by atoms with E-state index in [0.29, 0.717) is 5.56 Å². The van der Waals surface area contributed by atoms with Gasteiger partial charge in [0, 0.05) is 23.7 Å². The third-order valence-corrected chi connectivity index (χ3v) is 3.21. The molecular formula is C14H13N3. The maximum atomic E-state index is 9.06. The van der Waals surface area contributed by atoms with E-state index < -0.39 is 0 Å². The van der Waals surface area contributed by atoms with Gasteiger partial charge in [-0.3, -0.25) is 0 Å².